The van der Waals surface area contributed by atoms with Crippen LogP contribution in [-0.4, -0.2) is 50.3 Å². The topological polar surface area (TPSA) is 119 Å². The number of aliphatic hydroxyl groups is 1. The fraction of sp³-hybridized carbons (Fsp3) is 0.611. The van der Waals surface area contributed by atoms with Crippen molar-refractivity contribution in [1.29, 1.82) is 0 Å². The van der Waals surface area contributed by atoms with Gasteiger partial charge < -0.3 is 19.8 Å². The van der Waals surface area contributed by atoms with E-state index in [-0.39, 0.29) is 19.2 Å². The monoisotopic (exact) mass is 404 g/mol. The predicted molar refractivity (Wildman–Crippen MR) is 105 cm³/mol. The van der Waals surface area contributed by atoms with Crippen LogP contribution in [0.1, 0.15) is 38.3 Å². The van der Waals surface area contributed by atoms with Crippen LogP contribution in [0.2, 0.25) is 0 Å². The fourth-order valence-corrected chi connectivity index (χ4v) is 2.91. The Balaban J connectivity index is 0.000000621. The molecule has 9 heteroatoms. The Kier molecular flexibility index (Phi) is 11.9. The highest BCUT2D eigenvalue weighted by Crippen LogP contribution is 2.13. The third-order valence-electron chi connectivity index (χ3n) is 3.35. The molecule has 0 aliphatic carbocycles. The SMILES string of the molecule is CCCN(COCC(C)C)S(=O)(=O)OC(=O)CO.Cc1cccc(C)c1N. The molecule has 1 aromatic rings. The summed E-state index contributed by atoms with van der Waals surface area (Å²) in [5.41, 5.74) is 8.92. The van der Waals surface area contributed by atoms with Gasteiger partial charge >= 0.3 is 16.3 Å². The molecule has 8 nitrogen and oxygen atoms in total. The number of rotatable bonds is 9. The van der Waals surface area contributed by atoms with E-state index < -0.39 is 22.9 Å². The number of ether oxygens (including phenoxy) is 1. The van der Waals surface area contributed by atoms with Crippen LogP contribution in [0.4, 0.5) is 5.69 Å². The predicted octanol–water partition coefficient (Wildman–Crippen LogP) is 1.99. The van der Waals surface area contributed by atoms with Crippen LogP contribution in [0.25, 0.3) is 0 Å². The molecule has 0 unspecified atom stereocenters. The zero-order valence-electron chi connectivity index (χ0n) is 16.8. The quantitative estimate of drug-likeness (QED) is 0.477. The Morgan fingerprint density at radius 2 is 1.81 bits per heavy atom. The second-order valence-electron chi connectivity index (χ2n) is 6.45. The van der Waals surface area contributed by atoms with E-state index in [9.17, 15) is 13.2 Å². The lowest BCUT2D eigenvalue weighted by molar-refractivity contribution is -0.137. The zero-order chi connectivity index (χ0) is 21.0. The molecule has 0 aliphatic heterocycles. The zero-order valence-corrected chi connectivity index (χ0v) is 17.6. The highest BCUT2D eigenvalue weighted by molar-refractivity contribution is 7.84. The van der Waals surface area contributed by atoms with Gasteiger partial charge in [0.25, 0.3) is 0 Å². The van der Waals surface area contributed by atoms with Crippen LogP contribution < -0.4 is 5.73 Å². The average Bonchev–Trinajstić information content (AvgIpc) is 2.58. The Morgan fingerprint density at radius 1 is 1.26 bits per heavy atom. The molecule has 0 heterocycles. The summed E-state index contributed by atoms with van der Waals surface area (Å²) in [6, 6.07) is 6.05. The molecular weight excluding hydrogens is 372 g/mol. The highest BCUT2D eigenvalue weighted by Gasteiger charge is 2.25. The van der Waals surface area contributed by atoms with Crippen molar-refractivity contribution in [2.45, 2.75) is 41.0 Å². The van der Waals surface area contributed by atoms with Crippen molar-refractivity contribution >= 4 is 22.0 Å². The largest absolute Gasteiger partial charge is 0.398 e. The molecule has 0 spiro atoms. The van der Waals surface area contributed by atoms with Gasteiger partial charge in [-0.3, -0.25) is 0 Å². The molecule has 0 fully saturated rings. The maximum atomic E-state index is 11.7. The molecule has 1 aromatic carbocycles. The van der Waals surface area contributed by atoms with Crippen molar-refractivity contribution in [2.24, 2.45) is 5.92 Å². The van der Waals surface area contributed by atoms with Gasteiger partial charge in [0.2, 0.25) is 0 Å². The first-order chi connectivity index (χ1) is 12.5. The first-order valence-electron chi connectivity index (χ1n) is 8.77. The van der Waals surface area contributed by atoms with Crippen molar-refractivity contribution in [3.8, 4) is 0 Å². The third kappa shape index (κ3) is 10.3. The molecule has 3 N–H and O–H groups in total. The molecule has 156 valence electrons. The molecule has 0 saturated carbocycles. The number of carbonyl (C=O) groups is 1. The van der Waals surface area contributed by atoms with Gasteiger partial charge in [0.05, 0.1) is 6.61 Å². The summed E-state index contributed by atoms with van der Waals surface area (Å²) < 4.78 is 33.6. The molecule has 0 aromatic heterocycles. The van der Waals surface area contributed by atoms with Crippen molar-refractivity contribution in [1.82, 2.24) is 4.31 Å². The van der Waals surface area contributed by atoms with Crippen LogP contribution in [0.15, 0.2) is 18.2 Å². The second kappa shape index (κ2) is 12.7. The summed E-state index contributed by atoms with van der Waals surface area (Å²) in [5.74, 6) is -0.934. The number of nitrogens with zero attached hydrogens (tertiary/aromatic N) is 1. The van der Waals surface area contributed by atoms with E-state index in [4.69, 9.17) is 15.6 Å². The minimum atomic E-state index is -4.20. The molecule has 0 saturated heterocycles. The van der Waals surface area contributed by atoms with Gasteiger partial charge in [-0.05, 0) is 37.3 Å². The number of carbonyl (C=O) groups excluding carboxylic acids is 1. The van der Waals surface area contributed by atoms with Gasteiger partial charge in [-0.2, -0.15) is 8.42 Å². The molecular formula is C18H32N2O6S. The maximum absolute atomic E-state index is 11.7. The lowest BCUT2D eigenvalue weighted by atomic mass is 10.1. The van der Waals surface area contributed by atoms with Crippen molar-refractivity contribution in [2.75, 3.05) is 32.2 Å². The van der Waals surface area contributed by atoms with Gasteiger partial charge in [-0.1, -0.05) is 39.0 Å². The van der Waals surface area contributed by atoms with E-state index in [0.717, 1.165) is 21.1 Å². The van der Waals surface area contributed by atoms with Crippen molar-refractivity contribution in [3.63, 3.8) is 0 Å². The van der Waals surface area contributed by atoms with E-state index in [2.05, 4.69) is 4.18 Å². The Hall–Kier alpha value is -1.68. The van der Waals surface area contributed by atoms with E-state index >= 15 is 0 Å². The molecule has 27 heavy (non-hydrogen) atoms. The van der Waals surface area contributed by atoms with Gasteiger partial charge in [-0.15, -0.1) is 4.31 Å². The van der Waals surface area contributed by atoms with E-state index in [1.54, 1.807) is 6.92 Å². The van der Waals surface area contributed by atoms with Crippen LogP contribution in [0.5, 0.6) is 0 Å². The van der Waals surface area contributed by atoms with Crippen molar-refractivity contribution in [3.05, 3.63) is 29.3 Å². The average molecular weight is 405 g/mol. The maximum Gasteiger partial charge on any atom is 0.389 e. The Labute approximate surface area is 162 Å². The number of anilines is 1. The number of benzene rings is 1. The summed E-state index contributed by atoms with van der Waals surface area (Å²) >= 11 is 0. The normalized spacial score (nSPS) is 11.3. The number of aliphatic hydroxyl groups excluding tert-OH is 1. The van der Waals surface area contributed by atoms with E-state index in [1.807, 2.05) is 45.9 Å². The van der Waals surface area contributed by atoms with E-state index in [0.29, 0.717) is 13.0 Å². The molecule has 1 rings (SSSR count). The number of para-hydroxylation sites is 1. The molecule has 0 bridgehead atoms. The summed E-state index contributed by atoms with van der Waals surface area (Å²) in [6.45, 7) is 9.13. The molecule has 0 amide bonds. The highest BCUT2D eigenvalue weighted by atomic mass is 32.2. The van der Waals surface area contributed by atoms with Crippen LogP contribution in [0, 0.1) is 19.8 Å². The van der Waals surface area contributed by atoms with Gasteiger partial charge in [0.1, 0.15) is 13.3 Å². The third-order valence-corrected chi connectivity index (χ3v) is 4.66. The summed E-state index contributed by atoms with van der Waals surface area (Å²) in [7, 11) is -4.20. The van der Waals surface area contributed by atoms with Gasteiger partial charge in [-0.25, -0.2) is 4.79 Å². The van der Waals surface area contributed by atoms with Gasteiger partial charge in [0, 0.05) is 12.2 Å². The molecule has 0 aliphatic rings. The Bertz CT molecular complexity index is 656. The summed E-state index contributed by atoms with van der Waals surface area (Å²) in [4.78, 5) is 10.8. The number of aryl methyl sites for hydroxylation is 2. The first-order valence-corrected chi connectivity index (χ1v) is 10.1. The van der Waals surface area contributed by atoms with Crippen molar-refractivity contribution < 1.29 is 27.2 Å². The number of nitrogen functional groups attached to an aromatic ring is 1. The fourth-order valence-electron chi connectivity index (χ4n) is 1.90. The minimum absolute atomic E-state index is 0.174. The lowest BCUT2D eigenvalue weighted by Gasteiger charge is -2.20. The lowest BCUT2D eigenvalue weighted by Crippen LogP contribution is -2.37. The number of hydrogen-bond donors (Lipinski definition) is 2. The summed E-state index contributed by atoms with van der Waals surface area (Å²) in [6.07, 6.45) is 0.556. The smallest absolute Gasteiger partial charge is 0.389 e. The minimum Gasteiger partial charge on any atom is -0.398 e. The summed E-state index contributed by atoms with van der Waals surface area (Å²) in [5, 5.41) is 8.47. The number of nitrogens with two attached hydrogens (primary N) is 1. The standard InChI is InChI=1S/C10H21NO6S.C8H11N/c1-4-5-11(8-16-7-9(2)3)18(14,15)17-10(13)6-12;1-6-4-3-5-7(2)8(6)9/h9,12H,4-8H2,1-3H3;3-5H,9H2,1-2H3. The molecule has 0 radical (unpaired) electrons. The number of hydrogen-bond acceptors (Lipinski definition) is 7. The van der Waals surface area contributed by atoms with Crippen LogP contribution in [0.3, 0.4) is 0 Å². The Morgan fingerprint density at radius 3 is 2.22 bits per heavy atom. The van der Waals surface area contributed by atoms with E-state index in [1.165, 1.54) is 0 Å². The van der Waals surface area contributed by atoms with Gasteiger partial charge in [0.15, 0.2) is 0 Å². The van der Waals surface area contributed by atoms with Crippen LogP contribution in [-0.2, 0) is 24.0 Å². The van der Waals surface area contributed by atoms with Crippen LogP contribution >= 0.6 is 0 Å². The first kappa shape index (κ1) is 25.3. The molecule has 0 atom stereocenters. The second-order valence-corrected chi connectivity index (χ2v) is 7.98.